The van der Waals surface area contributed by atoms with Gasteiger partial charge >= 0.3 is 0 Å². The van der Waals surface area contributed by atoms with Gasteiger partial charge in [-0.05, 0) is 45.0 Å². The maximum atomic E-state index is 14.2. The zero-order chi connectivity index (χ0) is 14.7. The van der Waals surface area contributed by atoms with Gasteiger partial charge in [0.1, 0.15) is 5.82 Å². The largest absolute Gasteiger partial charge is 0.472 e. The lowest BCUT2D eigenvalue weighted by Crippen LogP contribution is -2.26. The average Bonchev–Trinajstić information content (AvgIpc) is 2.92. The normalized spacial score (nSPS) is 12.5. The van der Waals surface area contributed by atoms with Crippen LogP contribution in [-0.4, -0.2) is 13.1 Å². The van der Waals surface area contributed by atoms with Crippen molar-refractivity contribution in [1.29, 1.82) is 0 Å². The van der Waals surface area contributed by atoms with Crippen molar-refractivity contribution in [1.82, 2.24) is 0 Å². The van der Waals surface area contributed by atoms with Gasteiger partial charge in [-0.15, -0.1) is 0 Å². The summed E-state index contributed by atoms with van der Waals surface area (Å²) in [4.78, 5) is 1.92. The molecule has 3 nitrogen and oxygen atoms in total. The fourth-order valence-electron chi connectivity index (χ4n) is 2.02. The molecule has 0 aliphatic carbocycles. The first kappa shape index (κ1) is 14.4. The molecule has 0 amide bonds. The van der Waals surface area contributed by atoms with Crippen LogP contribution in [0, 0.1) is 5.82 Å². The molecule has 1 heterocycles. The number of hydrogen-bond acceptors (Lipinski definition) is 3. The summed E-state index contributed by atoms with van der Waals surface area (Å²) in [7, 11) is 1.89. The van der Waals surface area contributed by atoms with Gasteiger partial charge in [0.25, 0.3) is 0 Å². The smallest absolute Gasteiger partial charge is 0.148 e. The van der Waals surface area contributed by atoms with Crippen molar-refractivity contribution in [3.05, 3.63) is 48.2 Å². The number of nitrogens with zero attached hydrogens (tertiary/aromatic N) is 1. The van der Waals surface area contributed by atoms with E-state index in [9.17, 15) is 4.39 Å². The van der Waals surface area contributed by atoms with Gasteiger partial charge in [0.15, 0.2) is 0 Å². The fourth-order valence-corrected chi connectivity index (χ4v) is 2.02. The van der Waals surface area contributed by atoms with Gasteiger partial charge < -0.3 is 14.6 Å². The Kier molecular flexibility index (Phi) is 4.32. The van der Waals surface area contributed by atoms with Crippen LogP contribution in [0.1, 0.15) is 32.4 Å². The topological polar surface area (TPSA) is 28.4 Å². The van der Waals surface area contributed by atoms with Crippen LogP contribution in [0.25, 0.3) is 0 Å². The van der Waals surface area contributed by atoms with Crippen molar-refractivity contribution in [3.8, 4) is 0 Å². The maximum Gasteiger partial charge on any atom is 0.148 e. The van der Waals surface area contributed by atoms with Gasteiger partial charge in [0.2, 0.25) is 0 Å². The Morgan fingerprint density at radius 3 is 2.50 bits per heavy atom. The number of nitrogens with one attached hydrogen (secondary N) is 1. The van der Waals surface area contributed by atoms with Gasteiger partial charge in [0, 0.05) is 24.3 Å². The predicted octanol–water partition coefficient (Wildman–Crippen LogP) is 4.44. The molecule has 0 saturated heterocycles. The number of furan rings is 1. The average molecular weight is 276 g/mol. The highest BCUT2D eigenvalue weighted by Crippen LogP contribution is 2.26. The molecule has 0 spiro atoms. The highest BCUT2D eigenvalue weighted by molar-refractivity contribution is 5.57. The van der Waals surface area contributed by atoms with Crippen LogP contribution >= 0.6 is 0 Å². The molecule has 0 bridgehead atoms. The van der Waals surface area contributed by atoms with E-state index in [4.69, 9.17) is 4.42 Å². The third-order valence-corrected chi connectivity index (χ3v) is 3.53. The Labute approximate surface area is 119 Å². The van der Waals surface area contributed by atoms with E-state index >= 15 is 0 Å². The third kappa shape index (κ3) is 3.13. The molecule has 0 fully saturated rings. The maximum absolute atomic E-state index is 14.2. The van der Waals surface area contributed by atoms with Crippen LogP contribution in [0.15, 0.2) is 41.2 Å². The molecule has 0 saturated carbocycles. The zero-order valence-corrected chi connectivity index (χ0v) is 12.4. The van der Waals surface area contributed by atoms with Crippen molar-refractivity contribution in [2.75, 3.05) is 17.3 Å². The molecule has 0 radical (unpaired) electrons. The number of halogens is 1. The van der Waals surface area contributed by atoms with Crippen LogP contribution in [-0.2, 0) is 0 Å². The molecule has 1 unspecified atom stereocenters. The summed E-state index contributed by atoms with van der Waals surface area (Å²) in [6.45, 7) is 6.08. The van der Waals surface area contributed by atoms with Crippen molar-refractivity contribution < 1.29 is 8.81 Å². The van der Waals surface area contributed by atoms with Crippen LogP contribution in [0.2, 0.25) is 0 Å². The van der Waals surface area contributed by atoms with E-state index in [2.05, 4.69) is 5.32 Å². The molecule has 1 aromatic heterocycles. The minimum Gasteiger partial charge on any atom is -0.472 e. The Hall–Kier alpha value is -1.97. The summed E-state index contributed by atoms with van der Waals surface area (Å²) in [5, 5.41) is 3.26. The lowest BCUT2D eigenvalue weighted by atomic mass is 10.1. The van der Waals surface area contributed by atoms with Gasteiger partial charge in [-0.3, -0.25) is 0 Å². The molecule has 2 rings (SSSR count). The van der Waals surface area contributed by atoms with Crippen molar-refractivity contribution in [3.63, 3.8) is 0 Å². The van der Waals surface area contributed by atoms with Gasteiger partial charge in [-0.2, -0.15) is 0 Å². The molecule has 1 N–H and O–H groups in total. The minimum absolute atomic E-state index is 0.0711. The summed E-state index contributed by atoms with van der Waals surface area (Å²) in [6.07, 6.45) is 3.32. The Morgan fingerprint density at radius 2 is 1.95 bits per heavy atom. The van der Waals surface area contributed by atoms with Crippen molar-refractivity contribution in [2.24, 2.45) is 0 Å². The zero-order valence-electron chi connectivity index (χ0n) is 12.4. The number of benzene rings is 1. The second-order valence-corrected chi connectivity index (χ2v) is 5.29. The van der Waals surface area contributed by atoms with E-state index in [1.807, 2.05) is 44.9 Å². The summed E-state index contributed by atoms with van der Waals surface area (Å²) in [6, 6.07) is 7.46. The molecule has 2 aromatic rings. The van der Waals surface area contributed by atoms with Gasteiger partial charge in [0.05, 0.1) is 24.3 Å². The highest BCUT2D eigenvalue weighted by atomic mass is 19.1. The molecular formula is C16H21FN2O. The molecule has 4 heteroatoms. The Bertz CT molecular complexity index is 552. The SMILES string of the molecule is CC(Nc1ccc(N(C)C(C)C)c(F)c1)c1ccoc1. The van der Waals surface area contributed by atoms with Crippen LogP contribution < -0.4 is 10.2 Å². The van der Waals surface area contributed by atoms with Crippen LogP contribution in [0.5, 0.6) is 0 Å². The fraction of sp³-hybridized carbons (Fsp3) is 0.375. The second-order valence-electron chi connectivity index (χ2n) is 5.29. The van der Waals surface area contributed by atoms with E-state index < -0.39 is 0 Å². The highest BCUT2D eigenvalue weighted by Gasteiger charge is 2.12. The first-order valence-corrected chi connectivity index (χ1v) is 6.80. The summed E-state index contributed by atoms with van der Waals surface area (Å²) in [5.74, 6) is -0.217. The molecule has 108 valence electrons. The molecule has 1 atom stereocenters. The quantitative estimate of drug-likeness (QED) is 0.875. The molecule has 0 aliphatic heterocycles. The van der Waals surface area contributed by atoms with E-state index in [-0.39, 0.29) is 17.9 Å². The standard InChI is InChI=1S/C16H21FN2O/c1-11(2)19(4)16-6-5-14(9-15(16)17)18-12(3)13-7-8-20-10-13/h5-12,18H,1-4H3. The van der Waals surface area contributed by atoms with E-state index in [1.54, 1.807) is 18.6 Å². The number of anilines is 2. The van der Waals surface area contributed by atoms with Gasteiger partial charge in [-0.25, -0.2) is 4.39 Å². The monoisotopic (exact) mass is 276 g/mol. The summed E-state index contributed by atoms with van der Waals surface area (Å²) in [5.41, 5.74) is 2.41. The van der Waals surface area contributed by atoms with E-state index in [0.29, 0.717) is 5.69 Å². The molecule has 1 aromatic carbocycles. The lowest BCUT2D eigenvalue weighted by Gasteiger charge is -2.25. The Balaban J connectivity index is 2.13. The van der Waals surface area contributed by atoms with Gasteiger partial charge in [-0.1, -0.05) is 0 Å². The van der Waals surface area contributed by atoms with E-state index in [1.165, 1.54) is 6.07 Å². The number of rotatable bonds is 5. The van der Waals surface area contributed by atoms with Crippen LogP contribution in [0.3, 0.4) is 0 Å². The van der Waals surface area contributed by atoms with Crippen molar-refractivity contribution >= 4 is 11.4 Å². The Morgan fingerprint density at radius 1 is 1.20 bits per heavy atom. The second kappa shape index (κ2) is 5.99. The predicted molar refractivity (Wildman–Crippen MR) is 80.7 cm³/mol. The third-order valence-electron chi connectivity index (χ3n) is 3.53. The first-order chi connectivity index (χ1) is 9.49. The number of hydrogen-bond donors (Lipinski definition) is 1. The summed E-state index contributed by atoms with van der Waals surface area (Å²) >= 11 is 0. The molecule has 0 aliphatic rings. The lowest BCUT2D eigenvalue weighted by molar-refractivity contribution is 0.562. The first-order valence-electron chi connectivity index (χ1n) is 6.80. The molecular weight excluding hydrogens is 255 g/mol. The van der Waals surface area contributed by atoms with Crippen molar-refractivity contribution in [2.45, 2.75) is 32.9 Å². The molecule has 20 heavy (non-hydrogen) atoms. The van der Waals surface area contributed by atoms with E-state index in [0.717, 1.165) is 11.3 Å². The summed E-state index contributed by atoms with van der Waals surface area (Å²) < 4.78 is 19.2. The minimum atomic E-state index is -0.217. The van der Waals surface area contributed by atoms with Crippen LogP contribution in [0.4, 0.5) is 15.8 Å².